The Hall–Kier alpha value is -1.35. The molecule has 3 nitrogen and oxygen atoms in total. The molecule has 1 unspecified atom stereocenters. The van der Waals surface area contributed by atoms with Crippen molar-refractivity contribution in [2.45, 2.75) is 46.1 Å². The highest BCUT2D eigenvalue weighted by atomic mass is 16.1. The van der Waals surface area contributed by atoms with E-state index < -0.39 is 0 Å². The minimum Gasteiger partial charge on any atom is -0.352 e. The van der Waals surface area contributed by atoms with Gasteiger partial charge in [-0.3, -0.25) is 4.79 Å². The third kappa shape index (κ3) is 5.88. The van der Waals surface area contributed by atoms with Gasteiger partial charge in [0, 0.05) is 13.0 Å². The molecular weight excluding hydrogens is 236 g/mol. The van der Waals surface area contributed by atoms with E-state index in [0.29, 0.717) is 25.4 Å². The summed E-state index contributed by atoms with van der Waals surface area (Å²) < 4.78 is 0. The van der Waals surface area contributed by atoms with Crippen LogP contribution in [0.5, 0.6) is 0 Å². The summed E-state index contributed by atoms with van der Waals surface area (Å²) in [5.41, 5.74) is 8.02. The van der Waals surface area contributed by atoms with Crippen molar-refractivity contribution in [1.82, 2.24) is 5.32 Å². The number of carbonyl (C=O) groups excluding carboxylic acids is 1. The molecule has 1 rings (SSSR count). The Morgan fingerprint density at radius 2 is 1.95 bits per heavy atom. The molecular formula is C16H26N2O. The van der Waals surface area contributed by atoms with E-state index in [4.69, 9.17) is 5.73 Å². The van der Waals surface area contributed by atoms with Gasteiger partial charge in [0.25, 0.3) is 0 Å². The fourth-order valence-corrected chi connectivity index (χ4v) is 2.16. The quantitative estimate of drug-likeness (QED) is 0.756. The number of aryl methyl sites for hydroxylation is 1. The lowest BCUT2D eigenvalue weighted by atomic mass is 10.0. The first kappa shape index (κ1) is 15.7. The summed E-state index contributed by atoms with van der Waals surface area (Å²) in [4.78, 5) is 11.8. The van der Waals surface area contributed by atoms with Crippen molar-refractivity contribution >= 4 is 5.91 Å². The first-order valence-corrected chi connectivity index (χ1v) is 7.20. The van der Waals surface area contributed by atoms with Crippen LogP contribution in [-0.2, 0) is 17.8 Å². The van der Waals surface area contributed by atoms with Crippen molar-refractivity contribution in [3.63, 3.8) is 0 Å². The SMILES string of the molecule is CCc1ccccc1CNC(=O)CCC(C)CCN. The van der Waals surface area contributed by atoms with Crippen LogP contribution in [0.25, 0.3) is 0 Å². The van der Waals surface area contributed by atoms with E-state index in [9.17, 15) is 4.79 Å². The van der Waals surface area contributed by atoms with Crippen molar-refractivity contribution in [2.24, 2.45) is 11.7 Å². The van der Waals surface area contributed by atoms with Crippen LogP contribution in [0, 0.1) is 5.92 Å². The van der Waals surface area contributed by atoms with Gasteiger partial charge in [-0.25, -0.2) is 0 Å². The molecule has 0 saturated carbocycles. The Labute approximate surface area is 116 Å². The molecule has 0 fully saturated rings. The summed E-state index contributed by atoms with van der Waals surface area (Å²) in [7, 11) is 0. The molecule has 3 N–H and O–H groups in total. The Bertz CT molecular complexity index is 390. The summed E-state index contributed by atoms with van der Waals surface area (Å²) in [6.45, 7) is 5.61. The molecule has 3 heteroatoms. The number of nitrogens with one attached hydrogen (secondary N) is 1. The Morgan fingerprint density at radius 3 is 2.58 bits per heavy atom. The van der Waals surface area contributed by atoms with Gasteiger partial charge in [-0.1, -0.05) is 38.1 Å². The summed E-state index contributed by atoms with van der Waals surface area (Å²) in [6.07, 6.45) is 3.50. The van der Waals surface area contributed by atoms with Gasteiger partial charge in [-0.05, 0) is 42.9 Å². The van der Waals surface area contributed by atoms with Crippen molar-refractivity contribution in [1.29, 1.82) is 0 Å². The van der Waals surface area contributed by atoms with Crippen molar-refractivity contribution in [3.05, 3.63) is 35.4 Å². The zero-order chi connectivity index (χ0) is 14.1. The lowest BCUT2D eigenvalue weighted by molar-refractivity contribution is -0.121. The second-order valence-electron chi connectivity index (χ2n) is 5.12. The highest BCUT2D eigenvalue weighted by Crippen LogP contribution is 2.11. The van der Waals surface area contributed by atoms with Crippen molar-refractivity contribution in [2.75, 3.05) is 6.54 Å². The topological polar surface area (TPSA) is 55.1 Å². The van der Waals surface area contributed by atoms with Gasteiger partial charge < -0.3 is 11.1 Å². The van der Waals surface area contributed by atoms with Crippen LogP contribution >= 0.6 is 0 Å². The standard InChI is InChI=1S/C16H26N2O/c1-3-14-6-4-5-7-15(14)12-18-16(19)9-8-13(2)10-11-17/h4-7,13H,3,8-12,17H2,1-2H3,(H,18,19). The summed E-state index contributed by atoms with van der Waals surface area (Å²) >= 11 is 0. The van der Waals surface area contributed by atoms with Gasteiger partial charge in [-0.15, -0.1) is 0 Å². The maximum absolute atomic E-state index is 11.8. The Balaban J connectivity index is 2.33. The van der Waals surface area contributed by atoms with E-state index in [1.165, 1.54) is 11.1 Å². The van der Waals surface area contributed by atoms with E-state index in [0.717, 1.165) is 19.3 Å². The predicted octanol–water partition coefficient (Wildman–Crippen LogP) is 2.63. The number of rotatable bonds is 8. The fraction of sp³-hybridized carbons (Fsp3) is 0.562. The lowest BCUT2D eigenvalue weighted by Gasteiger charge is -2.11. The predicted molar refractivity (Wildman–Crippen MR) is 79.7 cm³/mol. The number of nitrogens with two attached hydrogens (primary N) is 1. The average molecular weight is 262 g/mol. The summed E-state index contributed by atoms with van der Waals surface area (Å²) in [5.74, 6) is 0.661. The monoisotopic (exact) mass is 262 g/mol. The smallest absolute Gasteiger partial charge is 0.220 e. The van der Waals surface area contributed by atoms with Crippen LogP contribution in [0.3, 0.4) is 0 Å². The first-order chi connectivity index (χ1) is 9.17. The van der Waals surface area contributed by atoms with Gasteiger partial charge in [-0.2, -0.15) is 0 Å². The van der Waals surface area contributed by atoms with Gasteiger partial charge >= 0.3 is 0 Å². The maximum Gasteiger partial charge on any atom is 0.220 e. The highest BCUT2D eigenvalue weighted by molar-refractivity contribution is 5.75. The second-order valence-corrected chi connectivity index (χ2v) is 5.12. The number of amides is 1. The highest BCUT2D eigenvalue weighted by Gasteiger charge is 2.07. The molecule has 1 aromatic carbocycles. The van der Waals surface area contributed by atoms with Gasteiger partial charge in [0.2, 0.25) is 5.91 Å². The van der Waals surface area contributed by atoms with Crippen molar-refractivity contribution in [3.8, 4) is 0 Å². The van der Waals surface area contributed by atoms with Crippen LogP contribution in [0.15, 0.2) is 24.3 Å². The molecule has 106 valence electrons. The van der Waals surface area contributed by atoms with Crippen LogP contribution in [-0.4, -0.2) is 12.5 Å². The first-order valence-electron chi connectivity index (χ1n) is 7.20. The zero-order valence-electron chi connectivity index (χ0n) is 12.1. The van der Waals surface area contributed by atoms with E-state index in [1.807, 2.05) is 12.1 Å². The third-order valence-electron chi connectivity index (χ3n) is 3.50. The van der Waals surface area contributed by atoms with Crippen LogP contribution in [0.4, 0.5) is 0 Å². The fourth-order valence-electron chi connectivity index (χ4n) is 2.16. The molecule has 1 atom stereocenters. The normalized spacial score (nSPS) is 12.2. The van der Waals surface area contributed by atoms with Crippen LogP contribution < -0.4 is 11.1 Å². The molecule has 0 saturated heterocycles. The van der Waals surface area contributed by atoms with Gasteiger partial charge in [0.1, 0.15) is 0 Å². The minimum absolute atomic E-state index is 0.134. The number of carbonyl (C=O) groups is 1. The molecule has 0 heterocycles. The second kappa shape index (κ2) is 8.70. The molecule has 19 heavy (non-hydrogen) atoms. The van der Waals surface area contributed by atoms with Gasteiger partial charge in [0.15, 0.2) is 0 Å². The van der Waals surface area contributed by atoms with Crippen LogP contribution in [0.2, 0.25) is 0 Å². The molecule has 0 aromatic heterocycles. The molecule has 0 spiro atoms. The molecule has 1 amide bonds. The number of hydrogen-bond acceptors (Lipinski definition) is 2. The average Bonchev–Trinajstić information content (AvgIpc) is 2.43. The molecule has 0 bridgehead atoms. The van der Waals surface area contributed by atoms with E-state index in [-0.39, 0.29) is 5.91 Å². The lowest BCUT2D eigenvalue weighted by Crippen LogP contribution is -2.23. The molecule has 0 aliphatic heterocycles. The molecule has 0 aliphatic carbocycles. The largest absolute Gasteiger partial charge is 0.352 e. The molecule has 0 aliphatic rings. The Kier molecular flexibility index (Phi) is 7.19. The van der Waals surface area contributed by atoms with E-state index >= 15 is 0 Å². The molecule has 1 aromatic rings. The van der Waals surface area contributed by atoms with Gasteiger partial charge in [0.05, 0.1) is 0 Å². The number of hydrogen-bond donors (Lipinski definition) is 2. The summed E-state index contributed by atoms with van der Waals surface area (Å²) in [6, 6.07) is 8.25. The molecule has 0 radical (unpaired) electrons. The van der Waals surface area contributed by atoms with E-state index in [2.05, 4.69) is 31.3 Å². The Morgan fingerprint density at radius 1 is 1.26 bits per heavy atom. The van der Waals surface area contributed by atoms with E-state index in [1.54, 1.807) is 0 Å². The summed E-state index contributed by atoms with van der Waals surface area (Å²) in [5, 5.41) is 3.00. The maximum atomic E-state index is 11.8. The number of benzene rings is 1. The zero-order valence-corrected chi connectivity index (χ0v) is 12.1. The minimum atomic E-state index is 0.134. The van der Waals surface area contributed by atoms with Crippen molar-refractivity contribution < 1.29 is 4.79 Å². The van der Waals surface area contributed by atoms with Crippen LogP contribution in [0.1, 0.15) is 44.2 Å². The third-order valence-corrected chi connectivity index (χ3v) is 3.50.